The summed E-state index contributed by atoms with van der Waals surface area (Å²) in [6, 6.07) is 19.8. The Balaban J connectivity index is 1.39. The van der Waals surface area contributed by atoms with Crippen LogP contribution in [0.1, 0.15) is 17.5 Å². The summed E-state index contributed by atoms with van der Waals surface area (Å²) < 4.78 is 5.70. The van der Waals surface area contributed by atoms with E-state index >= 15 is 0 Å². The van der Waals surface area contributed by atoms with Crippen LogP contribution in [0.5, 0.6) is 5.75 Å². The fourth-order valence-corrected chi connectivity index (χ4v) is 3.48. The predicted molar refractivity (Wildman–Crippen MR) is 109 cm³/mol. The standard InChI is InChI=1S/C23H22N2O3/c1-25(14-18-7-4-6-16-5-2-3-8-20(16)18)23(27)15-28-19-10-11-21-17(13-19)9-12-22(26)24-21/h2-8,10-11,13H,9,12,14-15H2,1H3,(H,24,26). The first-order chi connectivity index (χ1) is 13.6. The number of nitrogens with zero attached hydrogens (tertiary/aromatic N) is 1. The topological polar surface area (TPSA) is 58.6 Å². The van der Waals surface area contributed by atoms with Crippen LogP contribution in [0.25, 0.3) is 10.8 Å². The fraction of sp³-hybridized carbons (Fsp3) is 0.217. The summed E-state index contributed by atoms with van der Waals surface area (Å²) in [4.78, 5) is 25.7. The lowest BCUT2D eigenvalue weighted by atomic mass is 10.0. The van der Waals surface area contributed by atoms with E-state index in [0.29, 0.717) is 25.1 Å². The molecule has 5 heteroatoms. The van der Waals surface area contributed by atoms with E-state index < -0.39 is 0 Å². The smallest absolute Gasteiger partial charge is 0.260 e. The molecule has 4 rings (SSSR count). The molecule has 0 atom stereocenters. The van der Waals surface area contributed by atoms with E-state index in [1.165, 1.54) is 5.39 Å². The van der Waals surface area contributed by atoms with Gasteiger partial charge in [0.1, 0.15) is 5.75 Å². The Bertz CT molecular complexity index is 1040. The third-order valence-corrected chi connectivity index (χ3v) is 5.05. The van der Waals surface area contributed by atoms with Crippen LogP contribution in [0.3, 0.4) is 0 Å². The van der Waals surface area contributed by atoms with Crippen LogP contribution in [0.2, 0.25) is 0 Å². The molecule has 1 aliphatic rings. The van der Waals surface area contributed by atoms with Gasteiger partial charge in [-0.05, 0) is 46.5 Å². The van der Waals surface area contributed by atoms with Crippen molar-refractivity contribution in [3.8, 4) is 5.75 Å². The molecular formula is C23H22N2O3. The Morgan fingerprint density at radius 3 is 2.79 bits per heavy atom. The van der Waals surface area contributed by atoms with Gasteiger partial charge in [-0.2, -0.15) is 0 Å². The molecule has 0 unspecified atom stereocenters. The summed E-state index contributed by atoms with van der Waals surface area (Å²) >= 11 is 0. The van der Waals surface area contributed by atoms with Crippen molar-refractivity contribution in [3.63, 3.8) is 0 Å². The summed E-state index contributed by atoms with van der Waals surface area (Å²) in [5.41, 5.74) is 2.97. The third kappa shape index (κ3) is 3.83. The van der Waals surface area contributed by atoms with Gasteiger partial charge in [-0.15, -0.1) is 0 Å². The highest BCUT2D eigenvalue weighted by molar-refractivity contribution is 5.94. The average Bonchev–Trinajstić information content (AvgIpc) is 2.72. The minimum absolute atomic E-state index is 0.0214. The molecule has 1 aliphatic heterocycles. The highest BCUT2D eigenvalue weighted by Gasteiger charge is 2.16. The molecule has 0 radical (unpaired) electrons. The number of amides is 2. The predicted octanol–water partition coefficient (Wildman–Crippen LogP) is 3.76. The fourth-order valence-electron chi connectivity index (χ4n) is 3.48. The van der Waals surface area contributed by atoms with Crippen molar-refractivity contribution in [2.24, 2.45) is 0 Å². The maximum atomic E-state index is 12.5. The van der Waals surface area contributed by atoms with Crippen LogP contribution < -0.4 is 10.1 Å². The SMILES string of the molecule is CN(Cc1cccc2ccccc12)C(=O)COc1ccc2c(c1)CCC(=O)N2. The van der Waals surface area contributed by atoms with Crippen molar-refractivity contribution in [1.29, 1.82) is 0 Å². The monoisotopic (exact) mass is 374 g/mol. The number of benzene rings is 3. The number of anilines is 1. The van der Waals surface area contributed by atoms with Crippen molar-refractivity contribution in [2.75, 3.05) is 19.0 Å². The van der Waals surface area contributed by atoms with E-state index in [1.54, 1.807) is 18.0 Å². The van der Waals surface area contributed by atoms with Gasteiger partial charge >= 0.3 is 0 Å². The number of ether oxygens (including phenoxy) is 1. The Labute approximate surface area is 163 Å². The number of likely N-dealkylation sites (N-methyl/N-ethyl adjacent to an activating group) is 1. The molecule has 0 saturated carbocycles. The van der Waals surface area contributed by atoms with Crippen LogP contribution in [0.4, 0.5) is 5.69 Å². The Kier molecular flexibility index (Phi) is 4.98. The molecule has 0 bridgehead atoms. The van der Waals surface area contributed by atoms with Crippen molar-refractivity contribution in [1.82, 2.24) is 4.90 Å². The molecule has 5 nitrogen and oxygen atoms in total. The number of nitrogens with one attached hydrogen (secondary N) is 1. The molecule has 28 heavy (non-hydrogen) atoms. The largest absolute Gasteiger partial charge is 0.484 e. The lowest BCUT2D eigenvalue weighted by Crippen LogP contribution is -2.31. The van der Waals surface area contributed by atoms with Crippen LogP contribution in [0.15, 0.2) is 60.7 Å². The Hall–Kier alpha value is -3.34. The third-order valence-electron chi connectivity index (χ3n) is 5.05. The number of hydrogen-bond acceptors (Lipinski definition) is 3. The summed E-state index contributed by atoms with van der Waals surface area (Å²) in [6.07, 6.45) is 1.16. The van der Waals surface area contributed by atoms with Gasteiger partial charge < -0.3 is 15.0 Å². The van der Waals surface area contributed by atoms with Gasteiger partial charge in [0.25, 0.3) is 5.91 Å². The van der Waals surface area contributed by atoms with Crippen molar-refractivity contribution in [3.05, 3.63) is 71.8 Å². The van der Waals surface area contributed by atoms with Gasteiger partial charge in [-0.25, -0.2) is 0 Å². The summed E-state index contributed by atoms with van der Waals surface area (Å²) in [5, 5.41) is 5.16. The van der Waals surface area contributed by atoms with E-state index in [2.05, 4.69) is 23.5 Å². The van der Waals surface area contributed by atoms with Crippen molar-refractivity contribution in [2.45, 2.75) is 19.4 Å². The lowest BCUT2D eigenvalue weighted by Gasteiger charge is -2.20. The van der Waals surface area contributed by atoms with Gasteiger partial charge in [0.2, 0.25) is 5.91 Å². The van der Waals surface area contributed by atoms with Gasteiger partial charge in [0.15, 0.2) is 6.61 Å². The van der Waals surface area contributed by atoms with E-state index in [1.807, 2.05) is 36.4 Å². The number of aryl methyl sites for hydroxylation is 1. The van der Waals surface area contributed by atoms with E-state index in [0.717, 1.165) is 22.2 Å². The Morgan fingerprint density at radius 2 is 1.89 bits per heavy atom. The van der Waals surface area contributed by atoms with Crippen molar-refractivity contribution < 1.29 is 14.3 Å². The van der Waals surface area contributed by atoms with Crippen molar-refractivity contribution >= 4 is 28.3 Å². The molecule has 1 heterocycles. The lowest BCUT2D eigenvalue weighted by molar-refractivity contribution is -0.132. The van der Waals surface area contributed by atoms with Crippen LogP contribution >= 0.6 is 0 Å². The maximum Gasteiger partial charge on any atom is 0.260 e. The summed E-state index contributed by atoms with van der Waals surface area (Å²) in [5.74, 6) is 0.590. The molecule has 0 saturated heterocycles. The summed E-state index contributed by atoms with van der Waals surface area (Å²) in [7, 11) is 1.79. The molecule has 0 spiro atoms. The van der Waals surface area contributed by atoms with Crippen LogP contribution in [-0.2, 0) is 22.6 Å². The zero-order valence-corrected chi connectivity index (χ0v) is 15.8. The minimum atomic E-state index is -0.0843. The van der Waals surface area contributed by atoms with Crippen LogP contribution in [0, 0.1) is 0 Å². The normalized spacial score (nSPS) is 13.0. The second-order valence-electron chi connectivity index (χ2n) is 7.04. The molecule has 0 aliphatic carbocycles. The number of fused-ring (bicyclic) bond motifs is 2. The average molecular weight is 374 g/mol. The second kappa shape index (κ2) is 7.72. The Morgan fingerprint density at radius 1 is 1.07 bits per heavy atom. The van der Waals surface area contributed by atoms with Gasteiger partial charge in [0, 0.05) is 25.7 Å². The number of rotatable bonds is 5. The first-order valence-corrected chi connectivity index (χ1v) is 9.36. The van der Waals surface area contributed by atoms with Gasteiger partial charge in [-0.1, -0.05) is 42.5 Å². The maximum absolute atomic E-state index is 12.5. The molecule has 0 fully saturated rings. The number of carbonyl (C=O) groups excluding carboxylic acids is 2. The molecule has 3 aromatic rings. The quantitative estimate of drug-likeness (QED) is 0.740. The molecule has 0 aromatic heterocycles. The number of hydrogen-bond donors (Lipinski definition) is 1. The van der Waals surface area contributed by atoms with Gasteiger partial charge in [0.05, 0.1) is 0 Å². The zero-order valence-electron chi connectivity index (χ0n) is 15.8. The van der Waals surface area contributed by atoms with E-state index in [4.69, 9.17) is 4.74 Å². The summed E-state index contributed by atoms with van der Waals surface area (Å²) in [6.45, 7) is 0.506. The molecule has 2 amide bonds. The second-order valence-corrected chi connectivity index (χ2v) is 7.04. The van der Waals surface area contributed by atoms with Crippen LogP contribution in [-0.4, -0.2) is 30.4 Å². The van der Waals surface area contributed by atoms with E-state index in [-0.39, 0.29) is 18.4 Å². The molecule has 142 valence electrons. The van der Waals surface area contributed by atoms with E-state index in [9.17, 15) is 9.59 Å². The zero-order chi connectivity index (χ0) is 19.5. The highest BCUT2D eigenvalue weighted by atomic mass is 16.5. The minimum Gasteiger partial charge on any atom is -0.484 e. The molecule has 1 N–H and O–H groups in total. The molecular weight excluding hydrogens is 352 g/mol. The number of carbonyl (C=O) groups is 2. The highest BCUT2D eigenvalue weighted by Crippen LogP contribution is 2.27. The first kappa shape index (κ1) is 18.0. The molecule has 3 aromatic carbocycles. The first-order valence-electron chi connectivity index (χ1n) is 9.36. The van der Waals surface area contributed by atoms with Gasteiger partial charge in [-0.3, -0.25) is 9.59 Å².